The summed E-state index contributed by atoms with van der Waals surface area (Å²) in [5.41, 5.74) is 6.76. The minimum atomic E-state index is -0.822. The van der Waals surface area contributed by atoms with Crippen LogP contribution in [0.3, 0.4) is 0 Å². The first-order valence-electron chi connectivity index (χ1n) is 4.48. The van der Waals surface area contributed by atoms with Crippen LogP contribution in [0.15, 0.2) is 24.5 Å². The molecule has 0 amide bonds. The lowest BCUT2D eigenvalue weighted by molar-refractivity contribution is -0.138. The maximum atomic E-state index is 10.5. The van der Waals surface area contributed by atoms with Gasteiger partial charge in [0.1, 0.15) is 0 Å². The summed E-state index contributed by atoms with van der Waals surface area (Å²) in [4.78, 5) is 14.4. The molecule has 0 aromatic carbocycles. The molecule has 0 saturated heterocycles. The molecule has 4 nitrogen and oxygen atoms in total. The summed E-state index contributed by atoms with van der Waals surface area (Å²) in [7, 11) is 0. The molecule has 2 unspecified atom stereocenters. The number of pyridine rings is 1. The Morgan fingerprint density at radius 3 is 2.93 bits per heavy atom. The Morgan fingerprint density at radius 2 is 2.43 bits per heavy atom. The minimum Gasteiger partial charge on any atom is -0.481 e. The number of aromatic nitrogens is 1. The van der Waals surface area contributed by atoms with E-state index in [1.165, 1.54) is 0 Å². The van der Waals surface area contributed by atoms with Gasteiger partial charge in [0, 0.05) is 24.9 Å². The number of carboxylic acids is 1. The number of rotatable bonds is 4. The van der Waals surface area contributed by atoms with Crippen molar-refractivity contribution in [3.8, 4) is 0 Å². The maximum absolute atomic E-state index is 10.5. The van der Waals surface area contributed by atoms with Gasteiger partial charge in [0.05, 0.1) is 0 Å². The minimum absolute atomic E-state index is 0.0794. The van der Waals surface area contributed by atoms with Gasteiger partial charge in [0.25, 0.3) is 0 Å². The molecule has 2 atom stereocenters. The van der Waals surface area contributed by atoms with Crippen LogP contribution >= 0.6 is 0 Å². The van der Waals surface area contributed by atoms with Gasteiger partial charge in [-0.15, -0.1) is 0 Å². The zero-order valence-corrected chi connectivity index (χ0v) is 8.05. The van der Waals surface area contributed by atoms with E-state index in [0.717, 1.165) is 5.56 Å². The molecule has 3 N–H and O–H groups in total. The summed E-state index contributed by atoms with van der Waals surface area (Å²) in [5, 5.41) is 8.61. The Morgan fingerprint density at radius 1 is 1.71 bits per heavy atom. The number of nitrogens with zero attached hydrogens (tertiary/aromatic N) is 1. The molecule has 14 heavy (non-hydrogen) atoms. The predicted octanol–water partition coefficient (Wildman–Crippen LogP) is 1.19. The van der Waals surface area contributed by atoms with E-state index in [9.17, 15) is 4.79 Å². The molecule has 0 aliphatic rings. The number of aliphatic carboxylic acids is 1. The molecule has 0 aliphatic carbocycles. The fourth-order valence-electron chi connectivity index (χ4n) is 1.30. The van der Waals surface area contributed by atoms with E-state index in [1.54, 1.807) is 18.5 Å². The topological polar surface area (TPSA) is 76.2 Å². The van der Waals surface area contributed by atoms with Gasteiger partial charge >= 0.3 is 5.97 Å². The lowest BCUT2D eigenvalue weighted by Gasteiger charge is -2.17. The second kappa shape index (κ2) is 4.72. The highest BCUT2D eigenvalue weighted by molar-refractivity contribution is 5.67. The highest BCUT2D eigenvalue weighted by Gasteiger charge is 2.17. The summed E-state index contributed by atoms with van der Waals surface area (Å²) >= 11 is 0. The smallest absolute Gasteiger partial charge is 0.303 e. The predicted molar refractivity (Wildman–Crippen MR) is 52.6 cm³/mol. The molecule has 0 saturated carbocycles. The van der Waals surface area contributed by atoms with E-state index >= 15 is 0 Å². The van der Waals surface area contributed by atoms with Crippen molar-refractivity contribution in [3.05, 3.63) is 30.1 Å². The van der Waals surface area contributed by atoms with E-state index in [1.807, 2.05) is 13.0 Å². The van der Waals surface area contributed by atoms with Crippen LogP contribution in [0.1, 0.15) is 24.9 Å². The van der Waals surface area contributed by atoms with Gasteiger partial charge in [-0.3, -0.25) is 9.78 Å². The first-order valence-corrected chi connectivity index (χ1v) is 4.48. The SMILES string of the molecule is CC(CC(=O)O)C(N)c1cccnc1. The van der Waals surface area contributed by atoms with Crippen molar-refractivity contribution in [2.75, 3.05) is 0 Å². The van der Waals surface area contributed by atoms with Gasteiger partial charge in [-0.1, -0.05) is 13.0 Å². The Labute approximate surface area is 82.8 Å². The van der Waals surface area contributed by atoms with Crippen LogP contribution < -0.4 is 5.73 Å². The third-order valence-corrected chi connectivity index (χ3v) is 2.18. The molecule has 0 bridgehead atoms. The van der Waals surface area contributed by atoms with Crippen molar-refractivity contribution in [2.45, 2.75) is 19.4 Å². The van der Waals surface area contributed by atoms with Crippen LogP contribution in [0.4, 0.5) is 0 Å². The van der Waals surface area contributed by atoms with E-state index < -0.39 is 5.97 Å². The summed E-state index contributed by atoms with van der Waals surface area (Å²) in [6.45, 7) is 1.83. The Bertz CT molecular complexity index is 300. The zero-order chi connectivity index (χ0) is 10.6. The highest BCUT2D eigenvalue weighted by atomic mass is 16.4. The van der Waals surface area contributed by atoms with Crippen molar-refractivity contribution in [2.24, 2.45) is 11.7 Å². The van der Waals surface area contributed by atoms with Crippen LogP contribution in [0.25, 0.3) is 0 Å². The summed E-state index contributed by atoms with van der Waals surface area (Å²) in [6, 6.07) is 3.39. The number of hydrogen-bond acceptors (Lipinski definition) is 3. The van der Waals surface area contributed by atoms with Gasteiger partial charge in [-0.2, -0.15) is 0 Å². The van der Waals surface area contributed by atoms with Crippen LogP contribution in [0.2, 0.25) is 0 Å². The van der Waals surface area contributed by atoms with Crippen molar-refractivity contribution >= 4 is 5.97 Å². The molecule has 76 valence electrons. The molecule has 0 spiro atoms. The van der Waals surface area contributed by atoms with Crippen LogP contribution in [-0.2, 0) is 4.79 Å². The number of nitrogens with two attached hydrogens (primary N) is 1. The molecular formula is C10H14N2O2. The van der Waals surface area contributed by atoms with Crippen LogP contribution in [0, 0.1) is 5.92 Å². The molecule has 0 radical (unpaired) electrons. The normalized spacial score (nSPS) is 14.7. The van der Waals surface area contributed by atoms with Gasteiger partial charge in [0.15, 0.2) is 0 Å². The largest absolute Gasteiger partial charge is 0.481 e. The van der Waals surface area contributed by atoms with E-state index in [0.29, 0.717) is 0 Å². The summed E-state index contributed by atoms with van der Waals surface area (Å²) in [5.74, 6) is -0.909. The molecule has 0 aliphatic heterocycles. The third kappa shape index (κ3) is 2.81. The fourth-order valence-corrected chi connectivity index (χ4v) is 1.30. The number of carbonyl (C=O) groups is 1. The summed E-state index contributed by atoms with van der Waals surface area (Å²) in [6.07, 6.45) is 3.41. The molecule has 1 aromatic heterocycles. The first kappa shape index (κ1) is 10.7. The number of carboxylic acid groups (broad SMARTS) is 1. The van der Waals surface area contributed by atoms with Gasteiger partial charge in [-0.25, -0.2) is 0 Å². The molecule has 0 fully saturated rings. The first-order chi connectivity index (χ1) is 6.61. The molecular weight excluding hydrogens is 180 g/mol. The van der Waals surface area contributed by atoms with Crippen molar-refractivity contribution in [1.29, 1.82) is 0 Å². The van der Waals surface area contributed by atoms with Gasteiger partial charge in [-0.05, 0) is 17.5 Å². The van der Waals surface area contributed by atoms with E-state index in [2.05, 4.69) is 4.98 Å². The maximum Gasteiger partial charge on any atom is 0.303 e. The summed E-state index contributed by atoms with van der Waals surface area (Å²) < 4.78 is 0. The second-order valence-corrected chi connectivity index (χ2v) is 3.39. The van der Waals surface area contributed by atoms with Crippen LogP contribution in [-0.4, -0.2) is 16.1 Å². The zero-order valence-electron chi connectivity index (χ0n) is 8.05. The average Bonchev–Trinajstić information content (AvgIpc) is 2.17. The van der Waals surface area contributed by atoms with Crippen molar-refractivity contribution in [3.63, 3.8) is 0 Å². The Hall–Kier alpha value is -1.42. The number of hydrogen-bond donors (Lipinski definition) is 2. The quantitative estimate of drug-likeness (QED) is 0.754. The second-order valence-electron chi connectivity index (χ2n) is 3.39. The van der Waals surface area contributed by atoms with Crippen molar-refractivity contribution < 1.29 is 9.90 Å². The molecule has 4 heteroatoms. The highest BCUT2D eigenvalue weighted by Crippen LogP contribution is 2.20. The fraction of sp³-hybridized carbons (Fsp3) is 0.400. The molecule has 1 heterocycles. The van der Waals surface area contributed by atoms with Gasteiger partial charge < -0.3 is 10.8 Å². The van der Waals surface area contributed by atoms with Gasteiger partial charge in [0.2, 0.25) is 0 Å². The van der Waals surface area contributed by atoms with Crippen molar-refractivity contribution in [1.82, 2.24) is 4.98 Å². The standard InChI is InChI=1S/C10H14N2O2/c1-7(5-9(13)14)10(11)8-3-2-4-12-6-8/h2-4,6-7,10H,5,11H2,1H3,(H,13,14). The Kier molecular flexibility index (Phi) is 3.59. The average molecular weight is 194 g/mol. The van der Waals surface area contributed by atoms with Crippen LogP contribution in [0.5, 0.6) is 0 Å². The molecule has 1 aromatic rings. The lowest BCUT2D eigenvalue weighted by atomic mass is 9.94. The molecule has 1 rings (SSSR count). The van der Waals surface area contributed by atoms with E-state index in [-0.39, 0.29) is 18.4 Å². The van der Waals surface area contributed by atoms with E-state index in [4.69, 9.17) is 10.8 Å². The Balaban J connectivity index is 2.65. The lowest BCUT2D eigenvalue weighted by Crippen LogP contribution is -2.21. The monoisotopic (exact) mass is 194 g/mol. The third-order valence-electron chi connectivity index (χ3n) is 2.18.